The van der Waals surface area contributed by atoms with Crippen molar-refractivity contribution < 1.29 is 19.7 Å². The molecular weight excluding hydrogens is 653 g/mol. The van der Waals surface area contributed by atoms with Crippen LogP contribution in [-0.4, -0.2) is 36.6 Å². The quantitative estimate of drug-likeness (QED) is 0.150. The van der Waals surface area contributed by atoms with Crippen LogP contribution in [0.15, 0.2) is 170 Å². The first kappa shape index (κ1) is 32.7. The van der Waals surface area contributed by atoms with Crippen molar-refractivity contribution in [1.29, 1.82) is 0 Å². The van der Waals surface area contributed by atoms with Crippen LogP contribution in [0.2, 0.25) is 0 Å². The molecule has 0 heterocycles. The Morgan fingerprint density at radius 3 is 1.17 bits per heavy atom. The van der Waals surface area contributed by atoms with E-state index in [0.29, 0.717) is 0 Å². The van der Waals surface area contributed by atoms with E-state index in [-0.39, 0.29) is 26.4 Å². The van der Waals surface area contributed by atoms with E-state index in [1.807, 2.05) is 12.1 Å². The summed E-state index contributed by atoms with van der Waals surface area (Å²) in [4.78, 5) is 0. The van der Waals surface area contributed by atoms with Gasteiger partial charge in [0.2, 0.25) is 0 Å². The first-order valence-corrected chi connectivity index (χ1v) is 18.1. The lowest BCUT2D eigenvalue weighted by atomic mass is 9.65. The normalized spacial score (nSPS) is 12.8. The number of fused-ring (bicyclic) bond motifs is 5. The molecule has 258 valence electrons. The zero-order chi connectivity index (χ0) is 35.8. The van der Waals surface area contributed by atoms with Gasteiger partial charge in [-0.1, -0.05) is 146 Å². The Morgan fingerprint density at radius 2 is 0.755 bits per heavy atom. The molecule has 8 aromatic carbocycles. The number of aliphatic hydroxyl groups is 2. The molecule has 0 saturated carbocycles. The fourth-order valence-corrected chi connectivity index (χ4v) is 8.43. The van der Waals surface area contributed by atoms with Gasteiger partial charge >= 0.3 is 0 Å². The smallest absolute Gasteiger partial charge is 0.127 e. The average molecular weight is 691 g/mol. The minimum absolute atomic E-state index is 0.0675. The lowest BCUT2D eigenvalue weighted by Crippen LogP contribution is -2.29. The third-order valence-corrected chi connectivity index (χ3v) is 10.6. The Labute approximate surface area is 309 Å². The van der Waals surface area contributed by atoms with Gasteiger partial charge in [0, 0.05) is 10.8 Å². The monoisotopic (exact) mass is 690 g/mol. The van der Waals surface area contributed by atoms with Crippen molar-refractivity contribution in [3.05, 3.63) is 192 Å². The third-order valence-electron chi connectivity index (χ3n) is 10.6. The number of aliphatic hydroxyl groups excluding tert-OH is 2. The zero-order valence-electron chi connectivity index (χ0n) is 29.2. The topological polar surface area (TPSA) is 58.9 Å². The highest BCUT2D eigenvalue weighted by molar-refractivity contribution is 6.02. The van der Waals surface area contributed by atoms with E-state index in [1.165, 1.54) is 22.3 Å². The van der Waals surface area contributed by atoms with Crippen molar-refractivity contribution in [1.82, 2.24) is 0 Å². The highest BCUT2D eigenvalue weighted by atomic mass is 16.5. The Morgan fingerprint density at radius 1 is 0.358 bits per heavy atom. The molecule has 0 bridgehead atoms. The van der Waals surface area contributed by atoms with E-state index in [1.54, 1.807) is 0 Å². The van der Waals surface area contributed by atoms with E-state index in [9.17, 15) is 10.2 Å². The molecule has 4 nitrogen and oxygen atoms in total. The van der Waals surface area contributed by atoms with Crippen LogP contribution in [0.5, 0.6) is 11.5 Å². The summed E-state index contributed by atoms with van der Waals surface area (Å²) in [6.45, 7) is 0.284. The maximum atomic E-state index is 9.70. The Balaban J connectivity index is 1.46. The van der Waals surface area contributed by atoms with Gasteiger partial charge in [0.25, 0.3) is 0 Å². The highest BCUT2D eigenvalue weighted by Crippen LogP contribution is 2.60. The van der Waals surface area contributed by atoms with Crippen LogP contribution in [0.25, 0.3) is 54.9 Å². The molecule has 53 heavy (non-hydrogen) atoms. The molecule has 0 atom stereocenters. The Bertz CT molecular complexity index is 2410. The number of rotatable bonds is 10. The molecule has 2 N–H and O–H groups in total. The summed E-state index contributed by atoms with van der Waals surface area (Å²) in [5.41, 5.74) is 10.8. The largest absolute Gasteiger partial charge is 0.491 e. The first-order chi connectivity index (χ1) is 26.2. The Kier molecular flexibility index (Phi) is 8.47. The van der Waals surface area contributed by atoms with Gasteiger partial charge in [-0.3, -0.25) is 0 Å². The van der Waals surface area contributed by atoms with Crippen molar-refractivity contribution in [2.24, 2.45) is 0 Å². The van der Waals surface area contributed by atoms with Crippen LogP contribution in [0.1, 0.15) is 22.3 Å². The molecule has 1 aliphatic carbocycles. The second-order valence-electron chi connectivity index (χ2n) is 13.5. The minimum Gasteiger partial charge on any atom is -0.491 e. The van der Waals surface area contributed by atoms with E-state index in [4.69, 9.17) is 9.47 Å². The molecule has 1 aliphatic rings. The SMILES string of the molecule is OCCOc1ccc(C2(c3ccc(OCCO)c4ccccc34)c3cc(-c4ccccc4)ccc3-c3ccc(-c4ccccc4)cc32)c2ccccc12. The molecule has 0 amide bonds. The van der Waals surface area contributed by atoms with Crippen molar-refractivity contribution in [3.8, 4) is 44.9 Å². The summed E-state index contributed by atoms with van der Waals surface area (Å²) in [5.74, 6) is 1.47. The average Bonchev–Trinajstić information content (AvgIpc) is 3.51. The van der Waals surface area contributed by atoms with E-state index in [2.05, 4.69) is 158 Å². The van der Waals surface area contributed by atoms with E-state index < -0.39 is 5.41 Å². The zero-order valence-corrected chi connectivity index (χ0v) is 29.2. The summed E-state index contributed by atoms with van der Waals surface area (Å²) in [6.07, 6.45) is 0. The number of hydrogen-bond donors (Lipinski definition) is 2. The predicted molar refractivity (Wildman–Crippen MR) is 215 cm³/mol. The van der Waals surface area contributed by atoms with Crippen LogP contribution in [0.3, 0.4) is 0 Å². The van der Waals surface area contributed by atoms with Gasteiger partial charge in [0.1, 0.15) is 24.7 Å². The van der Waals surface area contributed by atoms with Gasteiger partial charge in [-0.15, -0.1) is 0 Å². The maximum Gasteiger partial charge on any atom is 0.127 e. The summed E-state index contributed by atoms with van der Waals surface area (Å²) in [7, 11) is 0. The van der Waals surface area contributed by atoms with Crippen molar-refractivity contribution in [3.63, 3.8) is 0 Å². The van der Waals surface area contributed by atoms with Crippen LogP contribution < -0.4 is 9.47 Å². The minimum atomic E-state index is -0.787. The van der Waals surface area contributed by atoms with Crippen LogP contribution >= 0.6 is 0 Å². The third kappa shape index (κ3) is 5.38. The fraction of sp³-hybridized carbons (Fsp3) is 0.102. The standard InChI is InChI=1S/C49H38O4/c50-27-29-52-47-25-23-43(37-15-7-9-17-41(37)47)49(44-24-26-48(53-30-28-51)42-18-10-8-16-38(42)44)45-31-35(33-11-3-1-4-12-33)19-21-39(45)40-22-20-36(32-46(40)49)34-13-5-2-6-14-34/h1-26,31-32,50-51H,27-30H2. The molecule has 4 heteroatoms. The molecule has 0 aliphatic heterocycles. The van der Waals surface area contributed by atoms with Gasteiger partial charge in [0.05, 0.1) is 18.6 Å². The van der Waals surface area contributed by atoms with E-state index >= 15 is 0 Å². The van der Waals surface area contributed by atoms with Gasteiger partial charge in [-0.2, -0.15) is 0 Å². The van der Waals surface area contributed by atoms with Crippen LogP contribution in [-0.2, 0) is 5.41 Å². The van der Waals surface area contributed by atoms with Crippen molar-refractivity contribution >= 4 is 21.5 Å². The molecule has 0 fully saturated rings. The molecule has 9 rings (SSSR count). The number of ether oxygens (including phenoxy) is 2. The second-order valence-corrected chi connectivity index (χ2v) is 13.5. The molecular formula is C49H38O4. The summed E-state index contributed by atoms with van der Waals surface area (Å²) >= 11 is 0. The van der Waals surface area contributed by atoms with E-state index in [0.717, 1.165) is 66.4 Å². The molecule has 0 saturated heterocycles. The molecule has 0 radical (unpaired) electrons. The number of benzene rings is 8. The first-order valence-electron chi connectivity index (χ1n) is 18.1. The maximum absolute atomic E-state index is 9.70. The van der Waals surface area contributed by atoms with Crippen molar-refractivity contribution in [2.75, 3.05) is 26.4 Å². The second kappa shape index (κ2) is 13.7. The van der Waals surface area contributed by atoms with Gasteiger partial charge < -0.3 is 19.7 Å². The lowest BCUT2D eigenvalue weighted by molar-refractivity contribution is 0.203. The highest BCUT2D eigenvalue weighted by Gasteiger charge is 2.48. The fourth-order valence-electron chi connectivity index (χ4n) is 8.43. The van der Waals surface area contributed by atoms with Gasteiger partial charge in [-0.05, 0) is 90.7 Å². The predicted octanol–water partition coefficient (Wildman–Crippen LogP) is 10.4. The lowest BCUT2D eigenvalue weighted by Gasteiger charge is -2.36. The summed E-state index contributed by atoms with van der Waals surface area (Å²) in [6, 6.07) is 60.5. The van der Waals surface area contributed by atoms with Crippen molar-refractivity contribution in [2.45, 2.75) is 5.41 Å². The number of hydrogen-bond acceptors (Lipinski definition) is 4. The Hall–Kier alpha value is -6.20. The van der Waals surface area contributed by atoms with Crippen LogP contribution in [0, 0.1) is 0 Å². The molecule has 8 aromatic rings. The molecule has 0 spiro atoms. The molecule has 0 aromatic heterocycles. The summed E-state index contributed by atoms with van der Waals surface area (Å²) < 4.78 is 12.3. The molecule has 0 unspecified atom stereocenters. The van der Waals surface area contributed by atoms with Crippen LogP contribution in [0.4, 0.5) is 0 Å². The summed E-state index contributed by atoms with van der Waals surface area (Å²) in [5, 5.41) is 23.5. The van der Waals surface area contributed by atoms with Gasteiger partial charge in [0.15, 0.2) is 0 Å². The van der Waals surface area contributed by atoms with Gasteiger partial charge in [-0.25, -0.2) is 0 Å².